The molecule has 2 aliphatic rings. The van der Waals surface area contributed by atoms with Crippen molar-refractivity contribution in [2.75, 3.05) is 14.6 Å². The number of fused-ring (bicyclic) bond motifs is 10. The fourth-order valence-electron chi connectivity index (χ4n) is 12.5. The van der Waals surface area contributed by atoms with E-state index in [1.54, 1.807) is 0 Å². The molecular formula is C74H70BN3S. The summed E-state index contributed by atoms with van der Waals surface area (Å²) in [6.45, 7) is 27.5. The van der Waals surface area contributed by atoms with Crippen LogP contribution in [0.4, 0.5) is 45.5 Å². The summed E-state index contributed by atoms with van der Waals surface area (Å²) in [5, 5.41) is 5.07. The number of hydrogen-bond donors (Lipinski definition) is 0. The maximum absolute atomic E-state index is 2.72. The van der Waals surface area contributed by atoms with Crippen molar-refractivity contribution in [1.29, 1.82) is 0 Å². The predicted molar refractivity (Wildman–Crippen MR) is 345 cm³/mol. The van der Waals surface area contributed by atoms with Crippen molar-refractivity contribution in [3.8, 4) is 22.3 Å². The maximum atomic E-state index is 2.72. The van der Waals surface area contributed by atoms with Crippen LogP contribution in [-0.4, -0.2) is 6.85 Å². The molecule has 13 rings (SSSR count). The number of rotatable bonds is 6. The van der Waals surface area contributed by atoms with Crippen LogP contribution in [0.2, 0.25) is 0 Å². The number of hydrogen-bond acceptors (Lipinski definition) is 4. The Balaban J connectivity index is 1.16. The van der Waals surface area contributed by atoms with E-state index in [1.807, 2.05) is 11.3 Å². The Morgan fingerprint density at radius 3 is 1.53 bits per heavy atom. The highest BCUT2D eigenvalue weighted by molar-refractivity contribution is 7.27. The molecule has 0 saturated heterocycles. The van der Waals surface area contributed by atoms with Crippen molar-refractivity contribution in [2.45, 2.75) is 105 Å². The number of thiophene rings is 1. The Morgan fingerprint density at radius 2 is 0.911 bits per heavy atom. The van der Waals surface area contributed by atoms with Gasteiger partial charge in [0.2, 0.25) is 0 Å². The summed E-state index contributed by atoms with van der Waals surface area (Å²) in [4.78, 5) is 7.83. The van der Waals surface area contributed by atoms with Crippen LogP contribution in [0.3, 0.4) is 0 Å². The van der Waals surface area contributed by atoms with Gasteiger partial charge in [0.25, 0.3) is 0 Å². The molecule has 10 aromatic carbocycles. The largest absolute Gasteiger partial charge is 0.376 e. The monoisotopic (exact) mass is 1040 g/mol. The van der Waals surface area contributed by atoms with Crippen molar-refractivity contribution in [3.05, 3.63) is 229 Å². The second kappa shape index (κ2) is 18.4. The zero-order valence-electron chi connectivity index (χ0n) is 48.0. The topological polar surface area (TPSA) is 9.72 Å². The fourth-order valence-corrected chi connectivity index (χ4v) is 13.8. The molecular weight excluding hydrogens is 974 g/mol. The zero-order chi connectivity index (χ0) is 54.9. The normalized spacial score (nSPS) is 13.5. The predicted octanol–water partition coefficient (Wildman–Crippen LogP) is 20.2. The first-order chi connectivity index (χ1) is 37.7. The van der Waals surface area contributed by atoms with Crippen molar-refractivity contribution < 1.29 is 0 Å². The number of benzene rings is 10. The van der Waals surface area contributed by atoms with Gasteiger partial charge in [0.05, 0.1) is 5.69 Å². The summed E-state index contributed by atoms with van der Waals surface area (Å²) in [5.41, 5.74) is 22.1. The average molecular weight is 1040 g/mol. The molecule has 2 aliphatic heterocycles. The molecule has 0 spiro atoms. The summed E-state index contributed by atoms with van der Waals surface area (Å²) in [7, 11) is 0. The summed E-state index contributed by atoms with van der Waals surface area (Å²) in [6, 6.07) is 79.2. The Morgan fingerprint density at radius 1 is 0.380 bits per heavy atom. The first kappa shape index (κ1) is 50.6. The van der Waals surface area contributed by atoms with Gasteiger partial charge in [0, 0.05) is 71.1 Å². The minimum absolute atomic E-state index is 0.0179. The van der Waals surface area contributed by atoms with E-state index in [-0.39, 0.29) is 28.5 Å². The molecule has 0 saturated carbocycles. The Kier molecular flexibility index (Phi) is 11.8. The van der Waals surface area contributed by atoms with E-state index < -0.39 is 0 Å². The molecule has 0 aliphatic carbocycles. The van der Waals surface area contributed by atoms with Crippen LogP contribution in [0.15, 0.2) is 206 Å². The molecule has 390 valence electrons. The van der Waals surface area contributed by atoms with Gasteiger partial charge < -0.3 is 14.6 Å². The second-order valence-electron chi connectivity index (χ2n) is 26.3. The summed E-state index contributed by atoms with van der Waals surface area (Å²) in [5.74, 6) is 0. The van der Waals surface area contributed by atoms with Gasteiger partial charge in [-0.1, -0.05) is 210 Å². The molecule has 0 radical (unpaired) electrons. The summed E-state index contributed by atoms with van der Waals surface area (Å²) >= 11 is 1.94. The van der Waals surface area contributed by atoms with Crippen molar-refractivity contribution >= 4 is 106 Å². The lowest BCUT2D eigenvalue weighted by molar-refractivity contribution is 0.590. The lowest BCUT2D eigenvalue weighted by atomic mass is 9.43. The van der Waals surface area contributed by atoms with Gasteiger partial charge in [-0.3, -0.25) is 0 Å². The quantitative estimate of drug-likeness (QED) is 0.154. The summed E-state index contributed by atoms with van der Waals surface area (Å²) < 4.78 is 2.62. The molecule has 0 fully saturated rings. The van der Waals surface area contributed by atoms with Crippen LogP contribution >= 0.6 is 11.3 Å². The molecule has 0 unspecified atom stereocenters. The maximum Gasteiger partial charge on any atom is 0.334 e. The highest BCUT2D eigenvalue weighted by Gasteiger charge is 2.47. The van der Waals surface area contributed by atoms with E-state index in [1.165, 1.54) is 109 Å². The minimum atomic E-state index is -0.208. The van der Waals surface area contributed by atoms with Crippen molar-refractivity contribution in [1.82, 2.24) is 0 Å². The van der Waals surface area contributed by atoms with E-state index in [9.17, 15) is 0 Å². The van der Waals surface area contributed by atoms with Gasteiger partial charge >= 0.3 is 6.85 Å². The van der Waals surface area contributed by atoms with Crippen LogP contribution in [0.25, 0.3) is 53.2 Å². The van der Waals surface area contributed by atoms with E-state index in [0.717, 1.165) is 22.7 Å². The average Bonchev–Trinajstić information content (AvgIpc) is 3.50. The van der Waals surface area contributed by atoms with Gasteiger partial charge in [-0.15, -0.1) is 11.3 Å². The van der Waals surface area contributed by atoms with E-state index >= 15 is 0 Å². The minimum Gasteiger partial charge on any atom is -0.376 e. The van der Waals surface area contributed by atoms with Crippen molar-refractivity contribution in [3.63, 3.8) is 0 Å². The Hall–Kier alpha value is -7.86. The first-order valence-corrected chi connectivity index (χ1v) is 29.1. The van der Waals surface area contributed by atoms with E-state index in [2.05, 4.69) is 304 Å². The van der Waals surface area contributed by atoms with Crippen molar-refractivity contribution in [2.24, 2.45) is 0 Å². The molecule has 11 aromatic rings. The number of nitrogens with zero attached hydrogens (tertiary/aromatic N) is 3. The third-order valence-electron chi connectivity index (χ3n) is 16.9. The molecule has 79 heavy (non-hydrogen) atoms. The molecule has 0 bridgehead atoms. The molecule has 5 heteroatoms. The van der Waals surface area contributed by atoms with Gasteiger partial charge in [0.1, 0.15) is 0 Å². The molecule has 0 amide bonds. The lowest BCUT2D eigenvalue weighted by Crippen LogP contribution is -2.61. The second-order valence-corrected chi connectivity index (χ2v) is 27.3. The van der Waals surface area contributed by atoms with Gasteiger partial charge in [-0.05, 0) is 156 Å². The van der Waals surface area contributed by atoms with Crippen LogP contribution < -0.4 is 25.5 Å². The van der Waals surface area contributed by atoms with Gasteiger partial charge in [-0.2, -0.15) is 0 Å². The summed E-state index contributed by atoms with van der Waals surface area (Å²) in [6.07, 6.45) is 0. The molecule has 0 N–H and O–H groups in total. The Bertz CT molecular complexity index is 4110. The molecule has 0 atom stereocenters. The first-order valence-electron chi connectivity index (χ1n) is 28.3. The molecule has 1 aromatic heterocycles. The van der Waals surface area contributed by atoms with Crippen LogP contribution in [-0.2, 0) is 21.7 Å². The van der Waals surface area contributed by atoms with Gasteiger partial charge in [-0.25, -0.2) is 0 Å². The third-order valence-corrected chi connectivity index (χ3v) is 18.1. The van der Waals surface area contributed by atoms with E-state index in [0.29, 0.717) is 0 Å². The Labute approximate surface area is 472 Å². The SMILES string of the molecule is CC(C)(C)c1ccc(N2B3c4c(cc5ccccc5c4-c4ccc(N(c5ccc(C(C)(C)C)cc5)c5ccc(C(C)(C)C)cc5)cc42)N(c2ccc(C(C)(C)C)cc2-c2ccccc2)c2ccc4c(sc5ccccc54)c23)cc1. The highest BCUT2D eigenvalue weighted by Crippen LogP contribution is 2.54. The standard InChI is InChI=1S/C74H70BN3S/c1-71(2,3)49-26-33-53(34-27-49)76(54-35-28-50(29-36-54)72(4,5)6)56-39-40-60-64(46-56)78(55-37-30-51(31-38-55)73(7,8)9)75-68-65(44-48-22-16-17-23-57(48)67(60)68)77(63-43-41-59-58-24-18-19-25-66(58)79-70(59)69(63)75)62-42-32-52(74(10,11)12)45-61(62)47-20-14-13-15-21-47/h13-46H,1-12H3. The zero-order valence-corrected chi connectivity index (χ0v) is 48.8. The van der Waals surface area contributed by atoms with Crippen LogP contribution in [0.5, 0.6) is 0 Å². The molecule has 3 heterocycles. The molecule has 3 nitrogen and oxygen atoms in total. The number of anilines is 8. The van der Waals surface area contributed by atoms with Gasteiger partial charge in [0.15, 0.2) is 0 Å². The van der Waals surface area contributed by atoms with Crippen LogP contribution in [0, 0.1) is 0 Å². The van der Waals surface area contributed by atoms with Crippen LogP contribution in [0.1, 0.15) is 105 Å². The third kappa shape index (κ3) is 8.55. The smallest absolute Gasteiger partial charge is 0.334 e. The fraction of sp³-hybridized carbons (Fsp3) is 0.216. The van der Waals surface area contributed by atoms with E-state index in [4.69, 9.17) is 0 Å². The highest BCUT2D eigenvalue weighted by atomic mass is 32.1. The lowest BCUT2D eigenvalue weighted by Gasteiger charge is -2.47.